The number of alkyl halides is 3. The molecule has 266 valence electrons. The lowest BCUT2D eigenvalue weighted by molar-refractivity contribution is -0.235. The van der Waals surface area contributed by atoms with Crippen LogP contribution in [-0.4, -0.2) is 103 Å². The number of benzene rings is 1. The lowest BCUT2D eigenvalue weighted by Crippen LogP contribution is -2.69. The number of nitrogens with zero attached hydrogens (tertiary/aromatic N) is 1. The summed E-state index contributed by atoms with van der Waals surface area (Å²) in [5, 5.41) is 15.8. The van der Waals surface area contributed by atoms with E-state index in [1.807, 2.05) is 0 Å². The van der Waals surface area contributed by atoms with Crippen LogP contribution >= 0.6 is 0 Å². The van der Waals surface area contributed by atoms with Gasteiger partial charge in [0.25, 0.3) is 0 Å². The van der Waals surface area contributed by atoms with Crippen molar-refractivity contribution < 1.29 is 61.2 Å². The third-order valence-corrected chi connectivity index (χ3v) is 10.1. The largest absolute Gasteiger partial charge is 0.458 e. The highest BCUT2D eigenvalue weighted by Crippen LogP contribution is 2.63. The Hall–Kier alpha value is -3.57. The average Bonchev–Trinajstić information content (AvgIpc) is 4.01. The van der Waals surface area contributed by atoms with E-state index >= 15 is 0 Å². The maximum absolute atomic E-state index is 14.2. The Kier molecular flexibility index (Phi) is 8.96. The van der Waals surface area contributed by atoms with Gasteiger partial charge < -0.3 is 34.7 Å². The van der Waals surface area contributed by atoms with Crippen LogP contribution in [0.2, 0.25) is 0 Å². The molecule has 3 saturated carbocycles. The lowest BCUT2D eigenvalue weighted by atomic mass is 9.62. The Labute approximate surface area is 279 Å². The number of ether oxygens (including phenoxy) is 4. The van der Waals surface area contributed by atoms with Gasteiger partial charge in [-0.3, -0.25) is 19.2 Å². The molecule has 0 aromatic heterocycles. The van der Waals surface area contributed by atoms with Crippen molar-refractivity contribution in [3.63, 3.8) is 0 Å². The zero-order valence-corrected chi connectivity index (χ0v) is 26.5. The fourth-order valence-corrected chi connectivity index (χ4v) is 7.68. The Balaban J connectivity index is 1.11. The van der Waals surface area contributed by atoms with Gasteiger partial charge in [-0.2, -0.15) is 18.2 Å². The minimum Gasteiger partial charge on any atom is -0.458 e. The molecular weight excluding hydrogens is 655 g/mol. The number of amides is 2. The molecule has 3 aliphatic carbocycles. The molecule has 16 heteroatoms. The molecule has 6 fully saturated rings. The van der Waals surface area contributed by atoms with Crippen LogP contribution in [0.25, 0.3) is 6.08 Å². The van der Waals surface area contributed by atoms with Crippen molar-refractivity contribution in [2.75, 3.05) is 26.3 Å². The number of rotatable bonds is 13. The highest BCUT2D eigenvalue weighted by Gasteiger charge is 2.78. The first kappa shape index (κ1) is 33.9. The standard InChI is InChI=1S/C33H38F3N3O10/c34-32(35,36)17-45-24(42)10-5-18-1-3-19(4-2-18)16-39-27-29(43)46-22-15-31(27,30(44)38-12-11-23(41)37-13-14-40)28(49-39)26-25(22)47-33(48-26,20-6-7-20)21-8-9-21/h1-5,10,20-22,25-28,40H,6-9,11-17H2,(H,37,41)(H,38,44)/t22-,25+,26+,27+,28-,31+/m1/s1. The second-order valence-electron chi connectivity index (χ2n) is 13.5. The Morgan fingerprint density at radius 3 is 2.37 bits per heavy atom. The first-order valence-electron chi connectivity index (χ1n) is 16.6. The molecule has 3 aliphatic heterocycles. The monoisotopic (exact) mass is 693 g/mol. The van der Waals surface area contributed by atoms with Gasteiger partial charge in [-0.1, -0.05) is 24.3 Å². The van der Waals surface area contributed by atoms with Crippen LogP contribution in [0.1, 0.15) is 49.7 Å². The number of fused-ring (bicyclic) bond motifs is 4. The van der Waals surface area contributed by atoms with Gasteiger partial charge in [0.05, 0.1) is 13.2 Å². The first-order chi connectivity index (χ1) is 23.4. The molecule has 3 heterocycles. The number of aliphatic hydroxyl groups excluding tert-OH is 1. The summed E-state index contributed by atoms with van der Waals surface area (Å²) >= 11 is 0. The maximum atomic E-state index is 14.2. The van der Waals surface area contributed by atoms with Gasteiger partial charge in [-0.05, 0) is 42.9 Å². The van der Waals surface area contributed by atoms with Gasteiger partial charge in [0, 0.05) is 43.8 Å². The summed E-state index contributed by atoms with van der Waals surface area (Å²) in [6.45, 7) is -1.75. The molecule has 3 saturated heterocycles. The summed E-state index contributed by atoms with van der Waals surface area (Å²) in [4.78, 5) is 58.4. The molecule has 2 bridgehead atoms. The summed E-state index contributed by atoms with van der Waals surface area (Å²) < 4.78 is 60.7. The molecular formula is C33H38F3N3O10. The second-order valence-corrected chi connectivity index (χ2v) is 13.5. The normalized spacial score (nSPS) is 31.7. The van der Waals surface area contributed by atoms with E-state index in [0.29, 0.717) is 11.1 Å². The minimum atomic E-state index is -4.63. The van der Waals surface area contributed by atoms with Crippen molar-refractivity contribution in [1.82, 2.24) is 15.7 Å². The van der Waals surface area contributed by atoms with E-state index in [4.69, 9.17) is 24.2 Å². The molecule has 0 spiro atoms. The minimum absolute atomic E-state index is 0.00470. The molecule has 6 atom stereocenters. The van der Waals surface area contributed by atoms with Crippen molar-refractivity contribution in [1.29, 1.82) is 0 Å². The summed E-state index contributed by atoms with van der Waals surface area (Å²) in [7, 11) is 0. The number of esters is 2. The van der Waals surface area contributed by atoms with Crippen molar-refractivity contribution in [3.8, 4) is 0 Å². The Bertz CT molecular complexity index is 1490. The molecule has 1 aromatic rings. The average molecular weight is 694 g/mol. The number of hydrogen-bond acceptors (Lipinski definition) is 11. The van der Waals surface area contributed by atoms with Crippen molar-refractivity contribution in [3.05, 3.63) is 41.5 Å². The van der Waals surface area contributed by atoms with E-state index in [1.54, 1.807) is 24.3 Å². The number of carbonyl (C=O) groups excluding carboxylic acids is 4. The Morgan fingerprint density at radius 2 is 1.71 bits per heavy atom. The van der Waals surface area contributed by atoms with Gasteiger partial charge >= 0.3 is 18.1 Å². The molecule has 0 unspecified atom stereocenters. The van der Waals surface area contributed by atoms with Gasteiger partial charge in [-0.25, -0.2) is 4.79 Å². The number of halogens is 3. The van der Waals surface area contributed by atoms with Crippen molar-refractivity contribution >= 4 is 29.8 Å². The number of aliphatic hydroxyl groups is 1. The van der Waals surface area contributed by atoms with Gasteiger partial charge in [-0.15, -0.1) is 0 Å². The van der Waals surface area contributed by atoms with E-state index in [2.05, 4.69) is 15.4 Å². The molecule has 0 radical (unpaired) electrons. The maximum Gasteiger partial charge on any atom is 0.422 e. The number of hydroxylamine groups is 2. The second kappa shape index (κ2) is 13.0. The summed E-state index contributed by atoms with van der Waals surface area (Å²) in [5.41, 5.74) is -0.223. The van der Waals surface area contributed by atoms with Crippen LogP contribution in [0.4, 0.5) is 13.2 Å². The molecule has 49 heavy (non-hydrogen) atoms. The third kappa shape index (κ3) is 6.56. The molecule has 6 aliphatic rings. The zero-order valence-electron chi connectivity index (χ0n) is 26.5. The molecule has 13 nitrogen and oxygen atoms in total. The van der Waals surface area contributed by atoms with E-state index in [1.165, 1.54) is 11.1 Å². The van der Waals surface area contributed by atoms with Crippen LogP contribution in [0, 0.1) is 17.3 Å². The quantitative estimate of drug-likeness (QED) is 0.203. The third-order valence-electron chi connectivity index (χ3n) is 10.1. The predicted octanol–water partition coefficient (Wildman–Crippen LogP) is 1.52. The lowest BCUT2D eigenvalue weighted by Gasteiger charge is -2.48. The van der Waals surface area contributed by atoms with Crippen LogP contribution in [0.5, 0.6) is 0 Å². The number of nitrogens with one attached hydrogen (secondary N) is 2. The highest BCUT2D eigenvalue weighted by atomic mass is 19.4. The molecule has 1 aromatic carbocycles. The smallest absolute Gasteiger partial charge is 0.422 e. The Morgan fingerprint density at radius 1 is 1.02 bits per heavy atom. The predicted molar refractivity (Wildman–Crippen MR) is 159 cm³/mol. The summed E-state index contributed by atoms with van der Waals surface area (Å²) in [5.74, 6) is -2.95. The summed E-state index contributed by atoms with van der Waals surface area (Å²) in [6, 6.07) is 5.53. The first-order valence-corrected chi connectivity index (χ1v) is 16.6. The zero-order chi connectivity index (χ0) is 34.6. The molecule has 3 N–H and O–H groups in total. The van der Waals surface area contributed by atoms with Crippen LogP contribution < -0.4 is 10.6 Å². The molecule has 2 amide bonds. The SMILES string of the molecule is O=C(CCNC(=O)[C@@]12C[C@H]3OC(=O)[C@@H]1N(Cc1ccc(C=CC(=O)OCC(F)(F)F)cc1)O[C@@H]2[C@H]1OC(C2CC2)(C2CC2)O[C@H]13)NCCO. The van der Waals surface area contributed by atoms with E-state index in [0.717, 1.165) is 31.8 Å². The van der Waals surface area contributed by atoms with Gasteiger partial charge in [0.2, 0.25) is 11.8 Å². The fourth-order valence-electron chi connectivity index (χ4n) is 7.68. The number of hydrogen-bond donors (Lipinski definition) is 3. The topological polar surface area (TPSA) is 162 Å². The van der Waals surface area contributed by atoms with Crippen LogP contribution in [0.3, 0.4) is 0 Å². The van der Waals surface area contributed by atoms with Crippen molar-refractivity contribution in [2.45, 2.75) is 87.5 Å². The highest BCUT2D eigenvalue weighted by molar-refractivity contribution is 5.94. The number of carbonyl (C=O) groups is 4. The van der Waals surface area contributed by atoms with Gasteiger partial charge in [0.1, 0.15) is 29.8 Å². The van der Waals surface area contributed by atoms with Crippen molar-refractivity contribution in [2.24, 2.45) is 17.3 Å². The fraction of sp³-hybridized carbons (Fsp3) is 0.636. The van der Waals surface area contributed by atoms with Gasteiger partial charge in [0.15, 0.2) is 18.4 Å². The molecule has 7 rings (SSSR count). The van der Waals surface area contributed by atoms with Crippen LogP contribution in [0.15, 0.2) is 30.3 Å². The van der Waals surface area contributed by atoms with E-state index in [-0.39, 0.29) is 56.8 Å². The van der Waals surface area contributed by atoms with Crippen LogP contribution in [-0.2, 0) is 49.5 Å². The van der Waals surface area contributed by atoms with E-state index in [9.17, 15) is 32.3 Å². The van der Waals surface area contributed by atoms with E-state index < -0.39 is 72.3 Å². The summed E-state index contributed by atoms with van der Waals surface area (Å²) in [6.07, 6.45) is -1.40.